The van der Waals surface area contributed by atoms with Crippen molar-refractivity contribution in [1.29, 1.82) is 0 Å². The second-order valence-corrected chi connectivity index (χ2v) is 6.59. The fraction of sp³-hybridized carbons (Fsp3) is 0.533. The maximum absolute atomic E-state index is 11.7. The van der Waals surface area contributed by atoms with Crippen LogP contribution in [0.2, 0.25) is 0 Å². The molecule has 3 nitrogen and oxygen atoms in total. The van der Waals surface area contributed by atoms with Gasteiger partial charge in [-0.3, -0.25) is 4.79 Å². The van der Waals surface area contributed by atoms with E-state index in [1.165, 1.54) is 0 Å². The predicted octanol–water partition coefficient (Wildman–Crippen LogP) is 3.33. The maximum Gasteiger partial charge on any atom is 0.306 e. The Morgan fingerprint density at radius 3 is 2.37 bits per heavy atom. The van der Waals surface area contributed by atoms with Crippen molar-refractivity contribution in [1.82, 2.24) is 0 Å². The van der Waals surface area contributed by atoms with Gasteiger partial charge in [0.2, 0.25) is 0 Å². The van der Waals surface area contributed by atoms with Gasteiger partial charge in [0.25, 0.3) is 0 Å². The summed E-state index contributed by atoms with van der Waals surface area (Å²) in [5.74, 6) is -0.361. The van der Waals surface area contributed by atoms with Crippen molar-refractivity contribution < 1.29 is 14.6 Å². The Kier molecular flexibility index (Phi) is 6.01. The second kappa shape index (κ2) is 7.06. The number of aliphatic hydroxyl groups is 1. The Bertz CT molecular complexity index is 406. The van der Waals surface area contributed by atoms with Crippen molar-refractivity contribution in [2.45, 2.75) is 39.2 Å². The monoisotopic (exact) mass is 328 g/mol. The topological polar surface area (TPSA) is 46.5 Å². The Morgan fingerprint density at radius 1 is 1.32 bits per heavy atom. The number of carbonyl (C=O) groups is 1. The molecule has 0 saturated carbocycles. The van der Waals surface area contributed by atoms with Crippen LogP contribution in [-0.4, -0.2) is 23.3 Å². The Balaban J connectivity index is 2.54. The quantitative estimate of drug-likeness (QED) is 0.843. The fourth-order valence-corrected chi connectivity index (χ4v) is 2.04. The molecule has 0 fully saturated rings. The van der Waals surface area contributed by atoms with E-state index >= 15 is 0 Å². The Labute approximate surface area is 123 Å². The second-order valence-electron chi connectivity index (χ2n) is 5.67. The average Bonchev–Trinajstić information content (AvgIpc) is 2.28. The molecular weight excluding hydrogens is 308 g/mol. The molecular formula is C15H21BrO3. The first-order valence-corrected chi connectivity index (χ1v) is 7.16. The average molecular weight is 329 g/mol. The van der Waals surface area contributed by atoms with Gasteiger partial charge in [-0.25, -0.2) is 0 Å². The molecule has 1 aromatic carbocycles. The predicted molar refractivity (Wildman–Crippen MR) is 78.9 cm³/mol. The summed E-state index contributed by atoms with van der Waals surface area (Å²) >= 11 is 3.38. The molecule has 106 valence electrons. The molecule has 0 aliphatic carbocycles. The van der Waals surface area contributed by atoms with Gasteiger partial charge in [0.15, 0.2) is 0 Å². The maximum atomic E-state index is 11.7. The van der Waals surface area contributed by atoms with Crippen molar-refractivity contribution >= 4 is 21.9 Å². The van der Waals surface area contributed by atoms with E-state index in [1.54, 1.807) is 0 Å². The highest BCUT2D eigenvalue weighted by molar-refractivity contribution is 9.10. The van der Waals surface area contributed by atoms with E-state index < -0.39 is 5.60 Å². The number of ether oxygens (including phenoxy) is 1. The molecule has 0 unspecified atom stereocenters. The van der Waals surface area contributed by atoms with Gasteiger partial charge in [-0.05, 0) is 50.8 Å². The zero-order valence-electron chi connectivity index (χ0n) is 11.6. The summed E-state index contributed by atoms with van der Waals surface area (Å²) in [6.07, 6.45) is 0.910. The normalized spacial score (nSPS) is 13.1. The lowest BCUT2D eigenvalue weighted by Gasteiger charge is -2.21. The minimum atomic E-state index is -0.477. The summed E-state index contributed by atoms with van der Waals surface area (Å²) in [4.78, 5) is 11.7. The van der Waals surface area contributed by atoms with Gasteiger partial charge in [0.05, 0.1) is 6.42 Å². The molecule has 4 heteroatoms. The lowest BCUT2D eigenvalue weighted by Crippen LogP contribution is -2.26. The van der Waals surface area contributed by atoms with Crippen LogP contribution in [0.4, 0.5) is 0 Å². The SMILES string of the molecule is CC(C)(C)OC(=O)C[C@H](CO)Cc1ccc(Br)cc1. The zero-order valence-corrected chi connectivity index (χ0v) is 13.2. The molecule has 0 aliphatic rings. The highest BCUT2D eigenvalue weighted by atomic mass is 79.9. The zero-order chi connectivity index (χ0) is 14.5. The number of hydrogen-bond acceptors (Lipinski definition) is 3. The van der Waals surface area contributed by atoms with E-state index in [-0.39, 0.29) is 24.9 Å². The van der Waals surface area contributed by atoms with Crippen molar-refractivity contribution in [3.8, 4) is 0 Å². The van der Waals surface area contributed by atoms with Crippen molar-refractivity contribution in [2.75, 3.05) is 6.61 Å². The van der Waals surface area contributed by atoms with Gasteiger partial charge in [-0.2, -0.15) is 0 Å². The number of benzene rings is 1. The van der Waals surface area contributed by atoms with E-state index in [2.05, 4.69) is 15.9 Å². The molecule has 0 spiro atoms. The number of aliphatic hydroxyl groups excluding tert-OH is 1. The Morgan fingerprint density at radius 2 is 1.89 bits per heavy atom. The highest BCUT2D eigenvalue weighted by Crippen LogP contribution is 2.17. The Hall–Kier alpha value is -0.870. The molecule has 0 radical (unpaired) electrons. The molecule has 0 bridgehead atoms. The summed E-state index contributed by atoms with van der Waals surface area (Å²) in [6.45, 7) is 5.50. The summed E-state index contributed by atoms with van der Waals surface area (Å²) in [7, 11) is 0. The van der Waals surface area contributed by atoms with Crippen LogP contribution in [0.5, 0.6) is 0 Å². The van der Waals surface area contributed by atoms with Crippen LogP contribution in [-0.2, 0) is 16.0 Å². The molecule has 0 heterocycles. The van der Waals surface area contributed by atoms with Gasteiger partial charge in [-0.1, -0.05) is 28.1 Å². The number of hydrogen-bond donors (Lipinski definition) is 1. The summed E-state index contributed by atoms with van der Waals surface area (Å²) in [5.41, 5.74) is 0.625. The van der Waals surface area contributed by atoms with Gasteiger partial charge in [0.1, 0.15) is 5.60 Å². The standard InChI is InChI=1S/C15H21BrO3/c1-15(2,3)19-14(18)9-12(10-17)8-11-4-6-13(16)7-5-11/h4-7,12,17H,8-10H2,1-3H3/t12-/m1/s1. The van der Waals surface area contributed by atoms with Gasteiger partial charge in [0, 0.05) is 11.1 Å². The largest absolute Gasteiger partial charge is 0.460 e. The first-order chi connectivity index (χ1) is 8.80. The molecule has 0 amide bonds. The third-order valence-electron chi connectivity index (χ3n) is 2.57. The smallest absolute Gasteiger partial charge is 0.306 e. The minimum Gasteiger partial charge on any atom is -0.460 e. The van der Waals surface area contributed by atoms with Gasteiger partial charge >= 0.3 is 5.97 Å². The third-order valence-corrected chi connectivity index (χ3v) is 3.10. The van der Waals surface area contributed by atoms with E-state index in [0.29, 0.717) is 6.42 Å². The first-order valence-electron chi connectivity index (χ1n) is 6.37. The molecule has 0 aromatic heterocycles. The first kappa shape index (κ1) is 16.2. The van der Waals surface area contributed by atoms with E-state index in [0.717, 1.165) is 10.0 Å². The van der Waals surface area contributed by atoms with Crippen molar-refractivity contribution in [3.05, 3.63) is 34.3 Å². The molecule has 1 aromatic rings. The molecule has 0 aliphatic heterocycles. The number of carbonyl (C=O) groups excluding carboxylic acids is 1. The lowest BCUT2D eigenvalue weighted by atomic mass is 9.97. The van der Waals surface area contributed by atoms with Crippen LogP contribution >= 0.6 is 15.9 Å². The van der Waals surface area contributed by atoms with Crippen LogP contribution in [0, 0.1) is 5.92 Å². The molecule has 19 heavy (non-hydrogen) atoms. The van der Waals surface area contributed by atoms with Crippen LogP contribution in [0.3, 0.4) is 0 Å². The summed E-state index contributed by atoms with van der Waals surface area (Å²) < 4.78 is 6.29. The molecule has 0 saturated heterocycles. The molecule has 1 atom stereocenters. The van der Waals surface area contributed by atoms with Crippen molar-refractivity contribution in [2.24, 2.45) is 5.92 Å². The lowest BCUT2D eigenvalue weighted by molar-refractivity contribution is -0.156. The number of halogens is 1. The summed E-state index contributed by atoms with van der Waals surface area (Å²) in [6, 6.07) is 7.89. The van der Waals surface area contributed by atoms with Crippen LogP contribution < -0.4 is 0 Å². The van der Waals surface area contributed by atoms with E-state index in [1.807, 2.05) is 45.0 Å². The van der Waals surface area contributed by atoms with Crippen molar-refractivity contribution in [3.63, 3.8) is 0 Å². The third kappa shape index (κ3) is 6.73. The molecule has 1 N–H and O–H groups in total. The minimum absolute atomic E-state index is 0.0185. The fourth-order valence-electron chi connectivity index (χ4n) is 1.77. The number of esters is 1. The van der Waals surface area contributed by atoms with Gasteiger partial charge < -0.3 is 9.84 Å². The van der Waals surface area contributed by atoms with Gasteiger partial charge in [-0.15, -0.1) is 0 Å². The van der Waals surface area contributed by atoms with Crippen LogP contribution in [0.1, 0.15) is 32.8 Å². The van der Waals surface area contributed by atoms with E-state index in [4.69, 9.17) is 4.74 Å². The number of rotatable bonds is 5. The van der Waals surface area contributed by atoms with Crippen LogP contribution in [0.25, 0.3) is 0 Å². The highest BCUT2D eigenvalue weighted by Gasteiger charge is 2.20. The molecule has 1 rings (SSSR count). The van der Waals surface area contributed by atoms with E-state index in [9.17, 15) is 9.90 Å². The summed E-state index contributed by atoms with van der Waals surface area (Å²) in [5, 5.41) is 9.37. The van der Waals surface area contributed by atoms with Crippen LogP contribution in [0.15, 0.2) is 28.7 Å².